The van der Waals surface area contributed by atoms with Crippen LogP contribution in [0.2, 0.25) is 0 Å². The Bertz CT molecular complexity index is 992. The first-order valence-electron chi connectivity index (χ1n) is 12.1. The van der Waals surface area contributed by atoms with Gasteiger partial charge in [0.15, 0.2) is 0 Å². The van der Waals surface area contributed by atoms with E-state index in [1.54, 1.807) is 0 Å². The van der Waals surface area contributed by atoms with E-state index < -0.39 is 12.1 Å². The van der Waals surface area contributed by atoms with Gasteiger partial charge in [0.1, 0.15) is 6.61 Å². The van der Waals surface area contributed by atoms with E-state index in [4.69, 9.17) is 9.84 Å². The third-order valence-corrected chi connectivity index (χ3v) is 6.74. The molecule has 180 valence electrons. The second-order valence-electron chi connectivity index (χ2n) is 9.16. The molecule has 1 fully saturated rings. The molecule has 0 aliphatic heterocycles. The van der Waals surface area contributed by atoms with E-state index in [9.17, 15) is 14.4 Å². The van der Waals surface area contributed by atoms with Crippen molar-refractivity contribution in [2.24, 2.45) is 11.8 Å². The third kappa shape index (κ3) is 5.95. The van der Waals surface area contributed by atoms with Gasteiger partial charge in [-0.25, -0.2) is 4.79 Å². The van der Waals surface area contributed by atoms with Gasteiger partial charge in [0.05, 0.1) is 5.92 Å². The van der Waals surface area contributed by atoms with E-state index in [0.717, 1.165) is 25.7 Å². The number of amides is 2. The van der Waals surface area contributed by atoms with E-state index in [1.807, 2.05) is 24.3 Å². The number of aliphatic carboxylic acids is 1. The fraction of sp³-hybridized carbons (Fsp3) is 0.444. The van der Waals surface area contributed by atoms with Crippen LogP contribution in [0.3, 0.4) is 0 Å². The Balaban J connectivity index is 1.06. The lowest BCUT2D eigenvalue weighted by atomic mass is 9.98. The van der Waals surface area contributed by atoms with Crippen molar-refractivity contribution in [2.45, 2.75) is 44.4 Å². The number of alkyl carbamates (subject to hydrolysis) is 1. The maximum atomic E-state index is 12.2. The summed E-state index contributed by atoms with van der Waals surface area (Å²) in [4.78, 5) is 34.8. The molecule has 34 heavy (non-hydrogen) atoms. The number of rotatable bonds is 12. The predicted molar refractivity (Wildman–Crippen MR) is 128 cm³/mol. The van der Waals surface area contributed by atoms with Crippen molar-refractivity contribution in [3.63, 3.8) is 0 Å². The van der Waals surface area contributed by atoms with Gasteiger partial charge in [0.2, 0.25) is 5.91 Å². The van der Waals surface area contributed by atoms with Crippen molar-refractivity contribution < 1.29 is 24.2 Å². The lowest BCUT2D eigenvalue weighted by molar-refractivity contribution is -0.139. The van der Waals surface area contributed by atoms with E-state index in [0.29, 0.717) is 32.5 Å². The molecular formula is C27H32N2O5. The molecule has 0 heterocycles. The van der Waals surface area contributed by atoms with Gasteiger partial charge in [-0.15, -0.1) is 0 Å². The van der Waals surface area contributed by atoms with Gasteiger partial charge in [-0.1, -0.05) is 61.4 Å². The first kappa shape index (κ1) is 23.8. The summed E-state index contributed by atoms with van der Waals surface area (Å²) in [6, 6.07) is 16.5. The first-order valence-corrected chi connectivity index (χ1v) is 12.1. The summed E-state index contributed by atoms with van der Waals surface area (Å²) in [6.45, 7) is 1.31. The van der Waals surface area contributed by atoms with Crippen LogP contribution in [-0.4, -0.2) is 42.8 Å². The van der Waals surface area contributed by atoms with E-state index in [1.165, 1.54) is 22.3 Å². The molecule has 7 heteroatoms. The van der Waals surface area contributed by atoms with Crippen molar-refractivity contribution in [3.05, 3.63) is 59.7 Å². The summed E-state index contributed by atoms with van der Waals surface area (Å²) >= 11 is 0. The minimum Gasteiger partial charge on any atom is -0.481 e. The van der Waals surface area contributed by atoms with Crippen LogP contribution in [0.1, 0.15) is 55.6 Å². The average molecular weight is 465 g/mol. The quantitative estimate of drug-likeness (QED) is 0.406. The fourth-order valence-corrected chi connectivity index (χ4v) is 4.71. The van der Waals surface area contributed by atoms with Crippen molar-refractivity contribution in [1.82, 2.24) is 10.6 Å². The normalized spacial score (nSPS) is 18.0. The van der Waals surface area contributed by atoms with Crippen LogP contribution in [0.25, 0.3) is 11.1 Å². The van der Waals surface area contributed by atoms with Crippen LogP contribution in [0.4, 0.5) is 4.79 Å². The van der Waals surface area contributed by atoms with E-state index >= 15 is 0 Å². The molecule has 2 aromatic carbocycles. The van der Waals surface area contributed by atoms with Crippen molar-refractivity contribution in [2.75, 3.05) is 19.7 Å². The number of carbonyl (C=O) groups is 3. The number of carboxylic acid groups (broad SMARTS) is 1. The zero-order chi connectivity index (χ0) is 23.9. The number of carbonyl (C=O) groups excluding carboxylic acids is 2. The standard InChI is InChI=1S/C27H32N2O5/c30-25(29-16-18-15-23(18)26(31)32)13-3-1-2-8-14-28-27(33)34-17-24-21-11-6-4-9-19(21)20-10-5-7-12-22(20)24/h4-7,9-12,18,23-24H,1-3,8,13-17H2,(H,28,33)(H,29,30)(H,31,32)/t18-,23-/m1/s1. The molecule has 1 saturated carbocycles. The number of benzene rings is 2. The minimum atomic E-state index is -0.772. The number of carboxylic acids is 1. The zero-order valence-electron chi connectivity index (χ0n) is 19.3. The number of fused-ring (bicyclic) bond motifs is 3. The first-order chi connectivity index (χ1) is 16.5. The number of hydrogen-bond donors (Lipinski definition) is 3. The molecule has 2 amide bonds. The second-order valence-corrected chi connectivity index (χ2v) is 9.16. The SMILES string of the molecule is O=C(CCCCCCNC(=O)OCC1c2ccccc2-c2ccccc21)NC[C@H]1C[C@H]1C(=O)O. The van der Waals surface area contributed by atoms with Crippen LogP contribution < -0.4 is 10.6 Å². The van der Waals surface area contributed by atoms with Gasteiger partial charge >= 0.3 is 12.1 Å². The van der Waals surface area contributed by atoms with Crippen molar-refractivity contribution in [1.29, 1.82) is 0 Å². The smallest absolute Gasteiger partial charge is 0.407 e. The Kier molecular flexibility index (Phi) is 7.83. The fourth-order valence-electron chi connectivity index (χ4n) is 4.71. The predicted octanol–water partition coefficient (Wildman–Crippen LogP) is 4.31. The molecule has 0 aromatic heterocycles. The molecule has 0 unspecified atom stereocenters. The number of unbranched alkanes of at least 4 members (excludes halogenated alkanes) is 3. The van der Waals surface area contributed by atoms with E-state index in [-0.39, 0.29) is 23.7 Å². The molecule has 2 atom stereocenters. The summed E-state index contributed by atoms with van der Waals surface area (Å²) in [5.74, 6) is -0.937. The molecule has 3 N–H and O–H groups in total. The Morgan fingerprint density at radius 3 is 2.18 bits per heavy atom. The van der Waals surface area contributed by atoms with Gasteiger partial charge in [-0.2, -0.15) is 0 Å². The third-order valence-electron chi connectivity index (χ3n) is 6.74. The Morgan fingerprint density at radius 1 is 0.882 bits per heavy atom. The number of hydrogen-bond acceptors (Lipinski definition) is 4. The van der Waals surface area contributed by atoms with Crippen molar-refractivity contribution >= 4 is 18.0 Å². The molecule has 2 aromatic rings. The van der Waals surface area contributed by atoms with Crippen LogP contribution in [0.15, 0.2) is 48.5 Å². The topological polar surface area (TPSA) is 105 Å². The molecule has 0 spiro atoms. The van der Waals surface area contributed by atoms with Gasteiger partial charge in [0.25, 0.3) is 0 Å². The lowest BCUT2D eigenvalue weighted by Gasteiger charge is -2.14. The number of nitrogens with one attached hydrogen (secondary N) is 2. The van der Waals surface area contributed by atoms with Gasteiger partial charge < -0.3 is 20.5 Å². The van der Waals surface area contributed by atoms with Crippen LogP contribution in [0, 0.1) is 11.8 Å². The molecule has 0 radical (unpaired) electrons. The Hall–Kier alpha value is -3.35. The molecule has 0 bridgehead atoms. The highest BCUT2D eigenvalue weighted by Gasteiger charge is 2.42. The minimum absolute atomic E-state index is 0.0206. The monoisotopic (exact) mass is 464 g/mol. The lowest BCUT2D eigenvalue weighted by Crippen LogP contribution is -2.27. The summed E-state index contributed by atoms with van der Waals surface area (Å²) < 4.78 is 5.53. The highest BCUT2D eigenvalue weighted by Crippen LogP contribution is 2.44. The number of ether oxygens (including phenoxy) is 1. The highest BCUT2D eigenvalue weighted by molar-refractivity contribution is 5.79. The zero-order valence-corrected chi connectivity index (χ0v) is 19.3. The molecule has 0 saturated heterocycles. The molecule has 4 rings (SSSR count). The van der Waals surface area contributed by atoms with Gasteiger partial charge in [0, 0.05) is 25.4 Å². The van der Waals surface area contributed by atoms with E-state index in [2.05, 4.69) is 34.9 Å². The average Bonchev–Trinajstić information content (AvgIpc) is 3.56. The highest BCUT2D eigenvalue weighted by atomic mass is 16.5. The van der Waals surface area contributed by atoms with Crippen LogP contribution in [-0.2, 0) is 14.3 Å². The van der Waals surface area contributed by atoms with Crippen LogP contribution >= 0.6 is 0 Å². The van der Waals surface area contributed by atoms with Gasteiger partial charge in [-0.05, 0) is 47.4 Å². The molecule has 2 aliphatic rings. The molecule has 2 aliphatic carbocycles. The second kappa shape index (κ2) is 11.2. The maximum Gasteiger partial charge on any atom is 0.407 e. The van der Waals surface area contributed by atoms with Gasteiger partial charge in [-0.3, -0.25) is 9.59 Å². The summed E-state index contributed by atoms with van der Waals surface area (Å²) in [5.41, 5.74) is 4.80. The van der Waals surface area contributed by atoms with Crippen molar-refractivity contribution in [3.8, 4) is 11.1 Å². The molecule has 7 nitrogen and oxygen atoms in total. The molecular weight excluding hydrogens is 432 g/mol. The summed E-state index contributed by atoms with van der Waals surface area (Å²) in [6.07, 6.45) is 4.14. The maximum absolute atomic E-state index is 12.2. The Labute approximate surface area is 199 Å². The van der Waals surface area contributed by atoms with Crippen LogP contribution in [0.5, 0.6) is 0 Å². The Morgan fingerprint density at radius 2 is 1.53 bits per heavy atom. The largest absolute Gasteiger partial charge is 0.481 e. The summed E-state index contributed by atoms with van der Waals surface area (Å²) in [5, 5.41) is 14.5. The summed E-state index contributed by atoms with van der Waals surface area (Å²) in [7, 11) is 0.